The lowest BCUT2D eigenvalue weighted by Crippen LogP contribution is -2.61. The second-order valence-corrected chi connectivity index (χ2v) is 20.8. The minimum absolute atomic E-state index is 0.0167. The SMILES string of the molecule is COCCn1cc(-c2ccc(-c3cnc(C(=O)Nc4ccc(C(=O)N5CCN(C(=O)C6CC[N+](CC(=O)OC(C)(C)C)(CC7CN(C(=O)OC(C)(C)C)C7)C6)CC5)c(Cl)c4)n3C)c(F)c2F)c(C)n1. The molecule has 0 saturated carbocycles. The van der Waals surface area contributed by atoms with Crippen molar-refractivity contribution >= 4 is 47.1 Å². The smallest absolute Gasteiger partial charge is 0.410 e. The third-order valence-electron chi connectivity index (χ3n) is 12.7. The number of nitrogens with one attached hydrogen (secondary N) is 1. The van der Waals surface area contributed by atoms with Crippen molar-refractivity contribution in [2.45, 2.75) is 72.6 Å². The molecular formula is C49H63ClF2N9O8+. The lowest BCUT2D eigenvalue weighted by atomic mass is 9.98. The molecule has 20 heteroatoms. The van der Waals surface area contributed by atoms with Crippen molar-refractivity contribution in [1.82, 2.24) is 34.0 Å². The Bertz CT molecular complexity index is 2610. The number of aromatic nitrogens is 4. The van der Waals surface area contributed by atoms with Gasteiger partial charge in [-0.1, -0.05) is 17.7 Å². The highest BCUT2D eigenvalue weighted by Gasteiger charge is 2.48. The molecule has 5 heterocycles. The summed E-state index contributed by atoms with van der Waals surface area (Å²) < 4.78 is 51.0. The maximum absolute atomic E-state index is 15.7. The Hall–Kier alpha value is -5.92. The van der Waals surface area contributed by atoms with Gasteiger partial charge in [0, 0.05) is 94.3 Å². The highest BCUT2D eigenvalue weighted by Crippen LogP contribution is 2.35. The van der Waals surface area contributed by atoms with E-state index in [1.165, 1.54) is 48.1 Å². The van der Waals surface area contributed by atoms with E-state index in [1.807, 2.05) is 41.5 Å². The number of benzene rings is 2. The first-order valence-corrected chi connectivity index (χ1v) is 23.6. The van der Waals surface area contributed by atoms with E-state index >= 15 is 8.78 Å². The van der Waals surface area contributed by atoms with Gasteiger partial charge in [0.1, 0.15) is 11.2 Å². The summed E-state index contributed by atoms with van der Waals surface area (Å²) in [6.07, 6.45) is 3.16. The summed E-state index contributed by atoms with van der Waals surface area (Å²) in [7, 11) is 3.08. The first kappa shape index (κ1) is 50.9. The van der Waals surface area contributed by atoms with Crippen LogP contribution in [0, 0.1) is 30.4 Å². The molecule has 2 atom stereocenters. The standard InChI is InChI=1S/C49H62ClF2N9O8/c1-30-37(26-60(55-30)19-21-67-9)34-12-13-36(42(52)41(34)51)39-23-53-43(56(39)8)44(63)54-33-10-11-35(38(50)22-33)46(65)58-17-15-57(16-18-58)45(64)32-14-20-61(28-32,29-40(62)68-48(2,3)4)27-31-24-59(25-31)47(66)69-49(5,6)7/h10-13,22-23,26,31-32H,14-21,24-25,27-29H2,1-9H3/p+1. The number of halogens is 3. The quantitative estimate of drug-likeness (QED) is 0.117. The average Bonchev–Trinajstić information content (AvgIpc) is 3.96. The van der Waals surface area contributed by atoms with Crippen molar-refractivity contribution in [3.63, 3.8) is 0 Å². The number of carbonyl (C=O) groups is 5. The number of piperazine rings is 1. The lowest BCUT2D eigenvalue weighted by Gasteiger charge is -2.44. The molecule has 2 unspecified atom stereocenters. The first-order valence-electron chi connectivity index (χ1n) is 23.2. The fourth-order valence-corrected chi connectivity index (χ4v) is 9.69. The number of aryl methyl sites for hydroxylation is 1. The zero-order chi connectivity index (χ0) is 50.2. The highest BCUT2D eigenvalue weighted by molar-refractivity contribution is 6.34. The van der Waals surface area contributed by atoms with Gasteiger partial charge < -0.3 is 43.3 Å². The minimum atomic E-state index is -1.10. The number of nitrogens with zero attached hydrogens (tertiary/aromatic N) is 8. The van der Waals surface area contributed by atoms with Crippen molar-refractivity contribution in [3.05, 3.63) is 76.5 Å². The summed E-state index contributed by atoms with van der Waals surface area (Å²) in [5.41, 5.74) is 0.330. The van der Waals surface area contributed by atoms with Crippen molar-refractivity contribution in [2.24, 2.45) is 18.9 Å². The molecule has 3 fully saturated rings. The van der Waals surface area contributed by atoms with E-state index in [-0.39, 0.29) is 94.3 Å². The van der Waals surface area contributed by atoms with Gasteiger partial charge in [-0.3, -0.25) is 19.1 Å². The van der Waals surface area contributed by atoms with Gasteiger partial charge in [0.2, 0.25) is 5.91 Å². The molecule has 1 N–H and O–H groups in total. The number of amides is 4. The van der Waals surface area contributed by atoms with Crippen LogP contribution in [0.4, 0.5) is 19.3 Å². The summed E-state index contributed by atoms with van der Waals surface area (Å²) in [6, 6.07) is 7.40. The van der Waals surface area contributed by atoms with E-state index in [0.717, 1.165) is 0 Å². The fourth-order valence-electron chi connectivity index (χ4n) is 9.43. The molecule has 0 spiro atoms. The van der Waals surface area contributed by atoms with Crippen LogP contribution in [0.1, 0.15) is 74.6 Å². The molecule has 3 saturated heterocycles. The van der Waals surface area contributed by atoms with Crippen LogP contribution in [0.3, 0.4) is 0 Å². The van der Waals surface area contributed by atoms with Crippen LogP contribution in [0.5, 0.6) is 0 Å². The summed E-state index contributed by atoms with van der Waals surface area (Å²) in [5, 5.41) is 7.19. The first-order chi connectivity index (χ1) is 32.4. The van der Waals surface area contributed by atoms with Gasteiger partial charge in [0.05, 0.1) is 66.9 Å². The zero-order valence-corrected chi connectivity index (χ0v) is 41.6. The second-order valence-electron chi connectivity index (χ2n) is 20.4. The molecule has 7 rings (SSSR count). The zero-order valence-electron chi connectivity index (χ0n) is 40.9. The molecule has 3 aliphatic rings. The molecule has 17 nitrogen and oxygen atoms in total. The van der Waals surface area contributed by atoms with Crippen molar-refractivity contribution in [2.75, 3.05) is 84.5 Å². The number of hydrogen-bond donors (Lipinski definition) is 1. The summed E-state index contributed by atoms with van der Waals surface area (Å²) in [5.74, 6) is -3.74. The van der Waals surface area contributed by atoms with E-state index in [9.17, 15) is 24.0 Å². The number of rotatable bonds is 13. The van der Waals surface area contributed by atoms with Gasteiger partial charge >= 0.3 is 12.1 Å². The van der Waals surface area contributed by atoms with E-state index in [4.69, 9.17) is 25.8 Å². The molecule has 372 valence electrons. The number of anilines is 1. The average molecular weight is 980 g/mol. The van der Waals surface area contributed by atoms with Gasteiger partial charge in [-0.05, 0) is 72.7 Å². The summed E-state index contributed by atoms with van der Waals surface area (Å²) >= 11 is 6.64. The molecule has 4 aromatic rings. The van der Waals surface area contributed by atoms with Crippen LogP contribution in [0.15, 0.2) is 42.7 Å². The van der Waals surface area contributed by atoms with Crippen LogP contribution in [0.2, 0.25) is 5.02 Å². The van der Waals surface area contributed by atoms with Crippen molar-refractivity contribution < 1.29 is 51.4 Å². The molecule has 4 amide bonds. The van der Waals surface area contributed by atoms with Crippen LogP contribution in [0.25, 0.3) is 22.4 Å². The maximum atomic E-state index is 15.7. The van der Waals surface area contributed by atoms with E-state index in [1.54, 1.807) is 39.6 Å². The molecule has 69 heavy (non-hydrogen) atoms. The molecule has 3 aliphatic heterocycles. The van der Waals surface area contributed by atoms with Gasteiger partial charge in [0.15, 0.2) is 24.0 Å². The lowest BCUT2D eigenvalue weighted by molar-refractivity contribution is -0.914. The molecular weight excluding hydrogens is 916 g/mol. The Morgan fingerprint density at radius 2 is 1.54 bits per heavy atom. The molecule has 2 aromatic heterocycles. The second kappa shape index (κ2) is 20.2. The van der Waals surface area contributed by atoms with Gasteiger partial charge in [-0.15, -0.1) is 0 Å². The molecule has 0 aliphatic carbocycles. The Kier molecular flexibility index (Phi) is 14.9. The van der Waals surface area contributed by atoms with Crippen LogP contribution in [-0.2, 0) is 37.4 Å². The monoisotopic (exact) mass is 978 g/mol. The number of ether oxygens (including phenoxy) is 3. The Balaban J connectivity index is 0.937. The van der Waals surface area contributed by atoms with E-state index in [2.05, 4.69) is 15.4 Å². The van der Waals surface area contributed by atoms with Crippen LogP contribution < -0.4 is 5.32 Å². The topological polar surface area (TPSA) is 170 Å². The number of likely N-dealkylation sites (tertiary alicyclic amines) is 2. The third kappa shape index (κ3) is 11.8. The number of methoxy groups -OCH3 is 1. The fraction of sp³-hybridized carbons (Fsp3) is 0.531. The largest absolute Gasteiger partial charge is 0.456 e. The number of hydrogen-bond acceptors (Lipinski definition) is 10. The van der Waals surface area contributed by atoms with Crippen LogP contribution in [-0.4, -0.2) is 159 Å². The minimum Gasteiger partial charge on any atom is -0.456 e. The predicted octanol–water partition coefficient (Wildman–Crippen LogP) is 6.42. The summed E-state index contributed by atoms with van der Waals surface area (Å²) in [6.45, 7) is 17.6. The maximum Gasteiger partial charge on any atom is 0.410 e. The van der Waals surface area contributed by atoms with Crippen molar-refractivity contribution in [1.29, 1.82) is 0 Å². The van der Waals surface area contributed by atoms with Crippen LogP contribution >= 0.6 is 11.6 Å². The normalized spacial score (nSPS) is 18.8. The van der Waals surface area contributed by atoms with Gasteiger partial charge in [-0.2, -0.15) is 5.10 Å². The number of quaternary nitrogens is 1. The highest BCUT2D eigenvalue weighted by atomic mass is 35.5. The van der Waals surface area contributed by atoms with E-state index < -0.39 is 28.7 Å². The predicted molar refractivity (Wildman–Crippen MR) is 253 cm³/mol. The Morgan fingerprint density at radius 3 is 2.19 bits per heavy atom. The van der Waals surface area contributed by atoms with Gasteiger partial charge in [0.25, 0.3) is 11.8 Å². The molecule has 0 radical (unpaired) electrons. The molecule has 2 aromatic carbocycles. The van der Waals surface area contributed by atoms with Crippen molar-refractivity contribution in [3.8, 4) is 22.4 Å². The number of carbonyl (C=O) groups excluding carboxylic acids is 5. The Labute approximate surface area is 406 Å². The summed E-state index contributed by atoms with van der Waals surface area (Å²) in [4.78, 5) is 76.3. The third-order valence-corrected chi connectivity index (χ3v) is 13.0. The number of esters is 1. The van der Waals surface area contributed by atoms with E-state index in [0.29, 0.717) is 81.1 Å². The van der Waals surface area contributed by atoms with Gasteiger partial charge in [-0.25, -0.2) is 23.4 Å². The molecule has 0 bridgehead atoms. The Morgan fingerprint density at radius 1 is 0.884 bits per heavy atom. The number of imidazole rings is 1.